The summed E-state index contributed by atoms with van der Waals surface area (Å²) in [6.45, 7) is 4.67. The van der Waals surface area contributed by atoms with Gasteiger partial charge in [-0.2, -0.15) is 0 Å². The second-order valence-corrected chi connectivity index (χ2v) is 6.92. The molecule has 19 heavy (non-hydrogen) atoms. The molecule has 0 heterocycles. The molecule has 0 N–H and O–H groups in total. The first-order valence-electron chi connectivity index (χ1n) is 7.48. The van der Waals surface area contributed by atoms with Crippen LogP contribution in [0.25, 0.3) is 5.57 Å². The first-order valence-corrected chi connectivity index (χ1v) is 7.48. The van der Waals surface area contributed by atoms with Gasteiger partial charge in [0.1, 0.15) is 0 Å². The summed E-state index contributed by atoms with van der Waals surface area (Å²) in [5, 5.41) is 0. The average Bonchev–Trinajstić information content (AvgIpc) is 2.97. The zero-order valence-corrected chi connectivity index (χ0v) is 12.7. The van der Waals surface area contributed by atoms with E-state index >= 15 is 0 Å². The van der Waals surface area contributed by atoms with Crippen molar-refractivity contribution in [1.29, 1.82) is 0 Å². The van der Waals surface area contributed by atoms with E-state index in [0.717, 1.165) is 0 Å². The molecule has 1 fully saturated rings. The molecule has 1 heteroatoms. The lowest BCUT2D eigenvalue weighted by Gasteiger charge is -2.34. The van der Waals surface area contributed by atoms with Crippen molar-refractivity contribution in [1.82, 2.24) is 4.90 Å². The number of allylic oxidation sites excluding steroid dienone is 1. The van der Waals surface area contributed by atoms with Crippen LogP contribution in [0.5, 0.6) is 0 Å². The molecular formula is C18H25N. The van der Waals surface area contributed by atoms with Crippen LogP contribution in [-0.2, 0) is 5.41 Å². The van der Waals surface area contributed by atoms with E-state index in [1.807, 2.05) is 0 Å². The largest absolute Gasteiger partial charge is 0.300 e. The highest BCUT2D eigenvalue weighted by Crippen LogP contribution is 2.53. The first-order chi connectivity index (χ1) is 8.97. The molecule has 1 nitrogen and oxygen atoms in total. The molecular weight excluding hydrogens is 230 g/mol. The maximum atomic E-state index is 2.60. The van der Waals surface area contributed by atoms with Gasteiger partial charge in [0.15, 0.2) is 0 Å². The highest BCUT2D eigenvalue weighted by Gasteiger charge is 2.43. The van der Waals surface area contributed by atoms with E-state index in [1.165, 1.54) is 36.8 Å². The van der Waals surface area contributed by atoms with Crippen molar-refractivity contribution in [2.24, 2.45) is 0 Å². The molecule has 0 aromatic heterocycles. The highest BCUT2D eigenvalue weighted by atomic mass is 15.1. The lowest BCUT2D eigenvalue weighted by atomic mass is 9.81. The first kappa shape index (κ1) is 12.9. The number of hydrogen-bond acceptors (Lipinski definition) is 1. The molecule has 3 rings (SSSR count). The molecule has 2 aliphatic carbocycles. The Morgan fingerprint density at radius 1 is 1.05 bits per heavy atom. The van der Waals surface area contributed by atoms with Crippen molar-refractivity contribution >= 4 is 5.57 Å². The second kappa shape index (κ2) is 4.21. The van der Waals surface area contributed by atoms with Crippen molar-refractivity contribution in [2.45, 2.75) is 50.5 Å². The van der Waals surface area contributed by atoms with Crippen LogP contribution < -0.4 is 0 Å². The minimum absolute atomic E-state index is 0.0994. The van der Waals surface area contributed by atoms with Crippen LogP contribution in [0.2, 0.25) is 0 Å². The van der Waals surface area contributed by atoms with E-state index in [2.05, 4.69) is 63.2 Å². The lowest BCUT2D eigenvalue weighted by molar-refractivity contribution is 0.263. The van der Waals surface area contributed by atoms with Gasteiger partial charge in [-0.15, -0.1) is 0 Å². The molecule has 102 valence electrons. The van der Waals surface area contributed by atoms with Crippen molar-refractivity contribution in [2.75, 3.05) is 14.1 Å². The lowest BCUT2D eigenvalue weighted by Crippen LogP contribution is -2.38. The molecule has 0 radical (unpaired) electrons. The predicted molar refractivity (Wildman–Crippen MR) is 82.3 cm³/mol. The maximum Gasteiger partial charge on any atom is 0.0401 e. The fourth-order valence-electron chi connectivity index (χ4n) is 3.75. The Morgan fingerprint density at radius 2 is 1.68 bits per heavy atom. The molecule has 1 spiro atoms. The van der Waals surface area contributed by atoms with Crippen LogP contribution in [0.1, 0.15) is 50.7 Å². The Morgan fingerprint density at radius 3 is 2.32 bits per heavy atom. The van der Waals surface area contributed by atoms with Gasteiger partial charge in [0.25, 0.3) is 0 Å². The standard InChI is InChI=1S/C18H25N/c1-17(2,19(3)4)16-13-18(11-7-8-12-18)15-10-6-5-9-14(15)16/h5-6,9-10,13H,7-8,11-12H2,1-4H3. The number of hydrogen-bond donors (Lipinski definition) is 0. The van der Waals surface area contributed by atoms with Gasteiger partial charge in [-0.1, -0.05) is 43.2 Å². The van der Waals surface area contributed by atoms with E-state index < -0.39 is 0 Å². The van der Waals surface area contributed by atoms with Gasteiger partial charge in [0.2, 0.25) is 0 Å². The van der Waals surface area contributed by atoms with Crippen LogP contribution in [0.15, 0.2) is 30.3 Å². The van der Waals surface area contributed by atoms with Crippen molar-refractivity contribution in [3.05, 3.63) is 41.5 Å². The Hall–Kier alpha value is -1.08. The number of rotatable bonds is 2. The molecule has 0 aliphatic heterocycles. The van der Waals surface area contributed by atoms with Gasteiger partial charge in [-0.05, 0) is 57.5 Å². The van der Waals surface area contributed by atoms with Gasteiger partial charge in [-0.3, -0.25) is 0 Å². The van der Waals surface area contributed by atoms with Gasteiger partial charge in [-0.25, -0.2) is 0 Å². The molecule has 0 atom stereocenters. The Bertz CT molecular complexity index is 516. The molecule has 1 aromatic carbocycles. The molecule has 0 bridgehead atoms. The third kappa shape index (κ3) is 1.79. The van der Waals surface area contributed by atoms with Crippen LogP contribution in [-0.4, -0.2) is 24.5 Å². The van der Waals surface area contributed by atoms with Gasteiger partial charge in [0.05, 0.1) is 0 Å². The summed E-state index contributed by atoms with van der Waals surface area (Å²) in [7, 11) is 4.37. The highest BCUT2D eigenvalue weighted by molar-refractivity contribution is 5.81. The predicted octanol–water partition coefficient (Wildman–Crippen LogP) is 4.24. The van der Waals surface area contributed by atoms with Crippen LogP contribution in [0, 0.1) is 0 Å². The van der Waals surface area contributed by atoms with Crippen LogP contribution in [0.3, 0.4) is 0 Å². The summed E-state index contributed by atoms with van der Waals surface area (Å²) in [4.78, 5) is 2.34. The quantitative estimate of drug-likeness (QED) is 0.764. The number of nitrogens with zero attached hydrogens (tertiary/aromatic N) is 1. The van der Waals surface area contributed by atoms with Gasteiger partial charge < -0.3 is 4.90 Å². The van der Waals surface area contributed by atoms with Crippen molar-refractivity contribution in [3.8, 4) is 0 Å². The number of benzene rings is 1. The van der Waals surface area contributed by atoms with Gasteiger partial charge >= 0.3 is 0 Å². The van der Waals surface area contributed by atoms with Gasteiger partial charge in [0, 0.05) is 11.0 Å². The summed E-state index contributed by atoms with van der Waals surface area (Å²) >= 11 is 0. The van der Waals surface area contributed by atoms with E-state index in [4.69, 9.17) is 0 Å². The fraction of sp³-hybridized carbons (Fsp3) is 0.556. The topological polar surface area (TPSA) is 3.24 Å². The number of fused-ring (bicyclic) bond motifs is 2. The molecule has 0 saturated heterocycles. The van der Waals surface area contributed by atoms with Crippen molar-refractivity contribution in [3.63, 3.8) is 0 Å². The molecule has 1 saturated carbocycles. The van der Waals surface area contributed by atoms with Crippen LogP contribution in [0.4, 0.5) is 0 Å². The maximum absolute atomic E-state index is 2.60. The SMILES string of the molecule is CN(C)C(C)(C)C1=CC2(CCCC2)c2ccccc21. The fourth-order valence-corrected chi connectivity index (χ4v) is 3.75. The zero-order chi connectivity index (χ0) is 13.7. The van der Waals surface area contributed by atoms with E-state index in [0.29, 0.717) is 5.41 Å². The summed E-state index contributed by atoms with van der Waals surface area (Å²) < 4.78 is 0. The molecule has 0 unspecified atom stereocenters. The summed E-state index contributed by atoms with van der Waals surface area (Å²) in [6.07, 6.45) is 8.01. The summed E-state index contributed by atoms with van der Waals surface area (Å²) in [5.74, 6) is 0. The number of likely N-dealkylation sites (N-methyl/N-ethyl adjacent to an activating group) is 1. The molecule has 1 aromatic rings. The summed E-state index contributed by atoms with van der Waals surface area (Å²) in [6, 6.07) is 9.07. The average molecular weight is 255 g/mol. The third-order valence-corrected chi connectivity index (χ3v) is 5.45. The van der Waals surface area contributed by atoms with E-state index in [-0.39, 0.29) is 5.54 Å². The van der Waals surface area contributed by atoms with E-state index in [9.17, 15) is 0 Å². The minimum atomic E-state index is 0.0994. The summed E-state index contributed by atoms with van der Waals surface area (Å²) in [5.41, 5.74) is 5.04. The normalized spacial score (nSPS) is 21.0. The Labute approximate surface area is 117 Å². The molecule has 0 amide bonds. The van der Waals surface area contributed by atoms with E-state index in [1.54, 1.807) is 5.56 Å². The molecule has 2 aliphatic rings. The Balaban J connectivity index is 2.16. The third-order valence-electron chi connectivity index (χ3n) is 5.45. The zero-order valence-electron chi connectivity index (χ0n) is 12.7. The smallest absolute Gasteiger partial charge is 0.0401 e. The second-order valence-electron chi connectivity index (χ2n) is 6.92. The van der Waals surface area contributed by atoms with Crippen molar-refractivity contribution < 1.29 is 0 Å². The monoisotopic (exact) mass is 255 g/mol. The van der Waals surface area contributed by atoms with Crippen LogP contribution >= 0.6 is 0 Å². The minimum Gasteiger partial charge on any atom is -0.300 e. The Kier molecular flexibility index (Phi) is 2.86.